The van der Waals surface area contributed by atoms with Crippen molar-refractivity contribution in [2.24, 2.45) is 10.7 Å². The van der Waals surface area contributed by atoms with Crippen molar-refractivity contribution in [3.8, 4) is 5.88 Å². The predicted octanol–water partition coefficient (Wildman–Crippen LogP) is 2.17. The molecule has 0 radical (unpaired) electrons. The third-order valence-corrected chi connectivity index (χ3v) is 4.18. The first-order valence-corrected chi connectivity index (χ1v) is 8.06. The Hall–Kier alpha value is -1.09. The molecule has 2 fully saturated rings. The minimum absolute atomic E-state index is 0. The Bertz CT molecular complexity index is 515. The Morgan fingerprint density at radius 1 is 1.35 bits per heavy atom. The Morgan fingerprint density at radius 2 is 2.09 bits per heavy atom. The van der Waals surface area contributed by atoms with Crippen LogP contribution in [-0.4, -0.2) is 48.3 Å². The molecule has 0 spiro atoms. The highest BCUT2D eigenvalue weighted by molar-refractivity contribution is 14.0. The van der Waals surface area contributed by atoms with Gasteiger partial charge in [-0.1, -0.05) is 6.07 Å². The van der Waals surface area contributed by atoms with Crippen molar-refractivity contribution in [1.29, 1.82) is 0 Å². The Kier molecular flexibility index (Phi) is 7.35. The highest BCUT2D eigenvalue weighted by Gasteiger charge is 2.18. The fourth-order valence-electron chi connectivity index (χ4n) is 2.87. The van der Waals surface area contributed by atoms with Gasteiger partial charge in [0.15, 0.2) is 5.96 Å². The third kappa shape index (κ3) is 5.20. The van der Waals surface area contributed by atoms with Crippen molar-refractivity contribution in [1.82, 2.24) is 9.88 Å². The van der Waals surface area contributed by atoms with E-state index >= 15 is 0 Å². The van der Waals surface area contributed by atoms with Crippen LogP contribution in [0.1, 0.15) is 31.2 Å². The van der Waals surface area contributed by atoms with Gasteiger partial charge in [-0.3, -0.25) is 0 Å². The maximum absolute atomic E-state index is 6.07. The summed E-state index contributed by atoms with van der Waals surface area (Å²) in [6.07, 6.45) is 6.80. The molecule has 0 unspecified atom stereocenters. The summed E-state index contributed by atoms with van der Waals surface area (Å²) < 4.78 is 11.4. The molecule has 0 atom stereocenters. The summed E-state index contributed by atoms with van der Waals surface area (Å²) in [7, 11) is 0. The molecule has 1 saturated carbocycles. The minimum Gasteiger partial charge on any atom is -0.474 e. The predicted molar refractivity (Wildman–Crippen MR) is 100 cm³/mol. The second kappa shape index (κ2) is 9.27. The van der Waals surface area contributed by atoms with Gasteiger partial charge in [0, 0.05) is 24.8 Å². The normalized spacial score (nSPS) is 19.5. The third-order valence-electron chi connectivity index (χ3n) is 4.18. The molecule has 1 aromatic rings. The topological polar surface area (TPSA) is 73.0 Å². The van der Waals surface area contributed by atoms with E-state index in [9.17, 15) is 0 Å². The zero-order chi connectivity index (χ0) is 15.2. The lowest BCUT2D eigenvalue weighted by Crippen LogP contribution is -2.44. The first-order valence-electron chi connectivity index (χ1n) is 8.06. The van der Waals surface area contributed by atoms with E-state index in [1.54, 1.807) is 6.20 Å². The fraction of sp³-hybridized carbons (Fsp3) is 0.625. The smallest absolute Gasteiger partial charge is 0.218 e. The van der Waals surface area contributed by atoms with Crippen LogP contribution >= 0.6 is 24.0 Å². The van der Waals surface area contributed by atoms with Crippen molar-refractivity contribution >= 4 is 29.9 Å². The number of halogens is 1. The first-order chi connectivity index (χ1) is 10.8. The molecular weight excluding hydrogens is 407 g/mol. The molecule has 1 aliphatic heterocycles. The highest BCUT2D eigenvalue weighted by atomic mass is 127. The molecule has 23 heavy (non-hydrogen) atoms. The van der Waals surface area contributed by atoms with E-state index in [-0.39, 0.29) is 24.0 Å². The van der Waals surface area contributed by atoms with Crippen molar-refractivity contribution < 1.29 is 9.47 Å². The zero-order valence-corrected chi connectivity index (χ0v) is 15.6. The van der Waals surface area contributed by atoms with Crippen LogP contribution in [0.4, 0.5) is 0 Å². The van der Waals surface area contributed by atoms with E-state index in [0.29, 0.717) is 37.7 Å². The van der Waals surface area contributed by atoms with Crippen LogP contribution in [0.3, 0.4) is 0 Å². The molecule has 0 amide bonds. The molecule has 1 aromatic heterocycles. The molecule has 0 bridgehead atoms. The Morgan fingerprint density at radius 3 is 2.83 bits per heavy atom. The van der Waals surface area contributed by atoms with Crippen molar-refractivity contribution in [2.45, 2.75) is 38.3 Å². The van der Waals surface area contributed by atoms with E-state index in [0.717, 1.165) is 31.5 Å². The zero-order valence-electron chi connectivity index (χ0n) is 13.3. The molecule has 2 N–H and O–H groups in total. The monoisotopic (exact) mass is 432 g/mol. The van der Waals surface area contributed by atoms with Gasteiger partial charge < -0.3 is 20.1 Å². The summed E-state index contributed by atoms with van der Waals surface area (Å²) in [6.45, 7) is 3.51. The van der Waals surface area contributed by atoms with E-state index in [1.807, 2.05) is 12.1 Å². The number of aliphatic imine (C=N–C) groups is 1. The van der Waals surface area contributed by atoms with E-state index in [1.165, 1.54) is 12.8 Å². The van der Waals surface area contributed by atoms with Crippen LogP contribution in [0, 0.1) is 0 Å². The lowest BCUT2D eigenvalue weighted by molar-refractivity contribution is 0.0674. The number of ether oxygens (including phenoxy) is 2. The number of hydrogen-bond donors (Lipinski definition) is 1. The van der Waals surface area contributed by atoms with Crippen molar-refractivity contribution in [3.05, 3.63) is 23.9 Å². The number of morpholine rings is 1. The summed E-state index contributed by atoms with van der Waals surface area (Å²) in [5.74, 6) is 1.27. The SMILES string of the molecule is I.NC(=NCc1cccnc1OC1CCCC1)N1CCOCC1. The maximum Gasteiger partial charge on any atom is 0.218 e. The van der Waals surface area contributed by atoms with Crippen molar-refractivity contribution in [2.75, 3.05) is 26.3 Å². The second-order valence-corrected chi connectivity index (χ2v) is 5.77. The van der Waals surface area contributed by atoms with Crippen LogP contribution in [-0.2, 0) is 11.3 Å². The first kappa shape index (κ1) is 18.3. The number of hydrogen-bond acceptors (Lipinski definition) is 4. The number of nitrogens with two attached hydrogens (primary N) is 1. The van der Waals surface area contributed by atoms with Crippen LogP contribution in [0.5, 0.6) is 5.88 Å². The Labute approximate surface area is 154 Å². The lowest BCUT2D eigenvalue weighted by Gasteiger charge is -2.27. The molecule has 6 nitrogen and oxygen atoms in total. The van der Waals surface area contributed by atoms with Gasteiger partial charge in [0.2, 0.25) is 5.88 Å². The molecule has 1 aliphatic carbocycles. The van der Waals surface area contributed by atoms with E-state index < -0.39 is 0 Å². The Balaban J connectivity index is 0.00000192. The number of nitrogens with zero attached hydrogens (tertiary/aromatic N) is 3. The highest BCUT2D eigenvalue weighted by Crippen LogP contribution is 2.25. The largest absolute Gasteiger partial charge is 0.474 e. The molecule has 2 heterocycles. The standard InChI is InChI=1S/C16H24N4O2.HI/c17-16(20-8-10-21-11-9-20)19-12-13-4-3-7-18-15(13)22-14-5-1-2-6-14;/h3-4,7,14H,1-2,5-6,8-12H2,(H2,17,19);1H. The fourth-order valence-corrected chi connectivity index (χ4v) is 2.87. The molecule has 3 rings (SSSR count). The maximum atomic E-state index is 6.07. The molecule has 128 valence electrons. The average Bonchev–Trinajstić information content (AvgIpc) is 3.07. The van der Waals surface area contributed by atoms with Crippen LogP contribution < -0.4 is 10.5 Å². The molecule has 0 aromatic carbocycles. The number of guanidine groups is 1. The van der Waals surface area contributed by atoms with Gasteiger partial charge in [-0.05, 0) is 31.7 Å². The van der Waals surface area contributed by atoms with Gasteiger partial charge in [-0.15, -0.1) is 24.0 Å². The molecular formula is C16H25IN4O2. The summed E-state index contributed by atoms with van der Waals surface area (Å²) >= 11 is 0. The summed E-state index contributed by atoms with van der Waals surface area (Å²) in [5.41, 5.74) is 7.06. The minimum atomic E-state index is 0. The number of aromatic nitrogens is 1. The van der Waals surface area contributed by atoms with Gasteiger partial charge in [-0.25, -0.2) is 9.98 Å². The summed E-state index contributed by atoms with van der Waals surface area (Å²) in [4.78, 5) is 10.9. The number of pyridine rings is 1. The number of rotatable bonds is 4. The van der Waals surface area contributed by atoms with Crippen molar-refractivity contribution in [3.63, 3.8) is 0 Å². The second-order valence-electron chi connectivity index (χ2n) is 5.77. The van der Waals surface area contributed by atoms with Gasteiger partial charge in [0.1, 0.15) is 6.10 Å². The van der Waals surface area contributed by atoms with Gasteiger partial charge in [-0.2, -0.15) is 0 Å². The lowest BCUT2D eigenvalue weighted by atomic mass is 10.2. The quantitative estimate of drug-likeness (QED) is 0.449. The van der Waals surface area contributed by atoms with E-state index in [2.05, 4.69) is 14.9 Å². The van der Waals surface area contributed by atoms with Gasteiger partial charge >= 0.3 is 0 Å². The summed E-state index contributed by atoms with van der Waals surface area (Å²) in [5, 5.41) is 0. The summed E-state index contributed by atoms with van der Waals surface area (Å²) in [6, 6.07) is 3.92. The van der Waals surface area contributed by atoms with Crippen LogP contribution in [0.15, 0.2) is 23.3 Å². The molecule has 7 heteroatoms. The van der Waals surface area contributed by atoms with Crippen LogP contribution in [0.2, 0.25) is 0 Å². The molecule has 1 saturated heterocycles. The van der Waals surface area contributed by atoms with Gasteiger partial charge in [0.05, 0.1) is 19.8 Å². The average molecular weight is 432 g/mol. The van der Waals surface area contributed by atoms with Gasteiger partial charge in [0.25, 0.3) is 0 Å². The molecule has 2 aliphatic rings. The van der Waals surface area contributed by atoms with E-state index in [4.69, 9.17) is 15.2 Å². The van der Waals surface area contributed by atoms with Crippen LogP contribution in [0.25, 0.3) is 0 Å².